The highest BCUT2D eigenvalue weighted by Crippen LogP contribution is 2.34. The van der Waals surface area contributed by atoms with Gasteiger partial charge in [-0.2, -0.15) is 0 Å². The minimum Gasteiger partial charge on any atom is -0.480 e. The van der Waals surface area contributed by atoms with Crippen LogP contribution in [0.1, 0.15) is 30.5 Å². The second-order valence-corrected chi connectivity index (χ2v) is 7.02. The number of aromatic nitrogens is 1. The third-order valence-corrected chi connectivity index (χ3v) is 4.40. The number of aliphatic carboxylic acids is 1. The number of pyridine rings is 1. The Morgan fingerprint density at radius 3 is 2.55 bits per heavy atom. The van der Waals surface area contributed by atoms with Crippen molar-refractivity contribution < 1.29 is 9.90 Å². The lowest BCUT2D eigenvalue weighted by Gasteiger charge is -2.18. The largest absolute Gasteiger partial charge is 0.480 e. The van der Waals surface area contributed by atoms with Gasteiger partial charge in [-0.15, -0.1) is 11.8 Å². The fraction of sp³-hybridized carbons (Fsp3) is 0.222. The van der Waals surface area contributed by atoms with E-state index < -0.39 is 10.7 Å². The minimum absolute atomic E-state index is 0.741. The number of aryl methyl sites for hydroxylation is 1. The van der Waals surface area contributed by atoms with Crippen LogP contribution in [0.3, 0.4) is 0 Å². The average molecular weight is 311 g/mol. The van der Waals surface area contributed by atoms with Crippen molar-refractivity contribution in [2.45, 2.75) is 30.4 Å². The van der Waals surface area contributed by atoms with Gasteiger partial charge in [-0.25, -0.2) is 0 Å². The topological polar surface area (TPSA) is 50.2 Å². The Labute approximate surface area is 134 Å². The van der Waals surface area contributed by atoms with Crippen LogP contribution in [0.5, 0.6) is 0 Å². The second kappa shape index (κ2) is 6.67. The number of carbonyl (C=O) groups is 1. The molecule has 3 nitrogen and oxygen atoms in total. The van der Waals surface area contributed by atoms with Crippen LogP contribution in [0.15, 0.2) is 47.6 Å². The second-order valence-electron chi connectivity index (χ2n) is 5.35. The zero-order valence-electron chi connectivity index (χ0n) is 12.8. The lowest BCUT2D eigenvalue weighted by molar-refractivity contribution is -0.138. The molecule has 0 amide bonds. The Bertz CT molecular complexity index is 757. The number of benzene rings is 1. The summed E-state index contributed by atoms with van der Waals surface area (Å²) in [6, 6.07) is 9.70. The summed E-state index contributed by atoms with van der Waals surface area (Å²) in [7, 11) is 0. The molecule has 0 saturated carbocycles. The van der Waals surface area contributed by atoms with Crippen LogP contribution in [-0.2, 0) is 4.79 Å². The van der Waals surface area contributed by atoms with E-state index in [0.717, 1.165) is 21.6 Å². The number of rotatable bonds is 3. The monoisotopic (exact) mass is 311 g/mol. The smallest absolute Gasteiger partial charge is 0.319 e. The summed E-state index contributed by atoms with van der Waals surface area (Å²) < 4.78 is -0.916. The van der Waals surface area contributed by atoms with E-state index in [1.54, 1.807) is 32.3 Å². The first kappa shape index (κ1) is 16.1. The van der Waals surface area contributed by atoms with Crippen LogP contribution in [-0.4, -0.2) is 20.8 Å². The fourth-order valence-corrected chi connectivity index (χ4v) is 2.71. The molecule has 1 heterocycles. The van der Waals surface area contributed by atoms with Crippen molar-refractivity contribution in [2.75, 3.05) is 0 Å². The first-order chi connectivity index (χ1) is 10.4. The maximum atomic E-state index is 11.3. The molecule has 1 N–H and O–H groups in total. The molecule has 0 spiro atoms. The lowest BCUT2D eigenvalue weighted by Crippen LogP contribution is -2.27. The van der Waals surface area contributed by atoms with Gasteiger partial charge in [-0.05, 0) is 38.5 Å². The van der Waals surface area contributed by atoms with Crippen LogP contribution < -0.4 is 0 Å². The van der Waals surface area contributed by atoms with Crippen molar-refractivity contribution in [3.63, 3.8) is 0 Å². The Morgan fingerprint density at radius 1 is 1.18 bits per heavy atom. The van der Waals surface area contributed by atoms with Gasteiger partial charge in [0.25, 0.3) is 0 Å². The van der Waals surface area contributed by atoms with Gasteiger partial charge >= 0.3 is 5.97 Å². The molecular formula is C18H17NO2S. The number of hydrogen-bond donors (Lipinski definition) is 1. The van der Waals surface area contributed by atoms with Crippen molar-refractivity contribution in [3.8, 4) is 11.8 Å². The summed E-state index contributed by atoms with van der Waals surface area (Å²) in [5, 5.41) is 9.27. The summed E-state index contributed by atoms with van der Waals surface area (Å²) in [4.78, 5) is 16.2. The van der Waals surface area contributed by atoms with Crippen molar-refractivity contribution in [2.24, 2.45) is 0 Å². The molecule has 0 unspecified atom stereocenters. The van der Waals surface area contributed by atoms with E-state index in [9.17, 15) is 9.90 Å². The molecule has 0 bridgehead atoms. The summed E-state index contributed by atoms with van der Waals surface area (Å²) in [6.07, 6.45) is 3.32. The van der Waals surface area contributed by atoms with Gasteiger partial charge in [0.2, 0.25) is 0 Å². The number of thioether (sulfide) groups is 1. The molecular weight excluding hydrogens is 294 g/mol. The molecule has 0 saturated heterocycles. The standard InChI is InChI=1S/C18H17NO2S/c1-13-6-4-5-7-14(13)8-9-15-12-19-11-10-16(15)22-18(2,3)17(20)21/h4-7,10-12H,1-3H3,(H,20,21). The first-order valence-electron chi connectivity index (χ1n) is 6.84. The number of nitrogens with zero attached hydrogens (tertiary/aromatic N) is 1. The molecule has 112 valence electrons. The van der Waals surface area contributed by atoms with Gasteiger partial charge in [-0.1, -0.05) is 30.0 Å². The molecule has 0 aliphatic carbocycles. The van der Waals surface area contributed by atoms with E-state index in [4.69, 9.17) is 0 Å². The van der Waals surface area contributed by atoms with Gasteiger partial charge in [0.05, 0.1) is 5.56 Å². The summed E-state index contributed by atoms with van der Waals surface area (Å²) in [5.74, 6) is 5.38. The van der Waals surface area contributed by atoms with Crippen LogP contribution in [0.4, 0.5) is 0 Å². The molecule has 0 radical (unpaired) electrons. The van der Waals surface area contributed by atoms with Crippen molar-refractivity contribution in [1.82, 2.24) is 4.98 Å². The molecule has 0 aliphatic rings. The quantitative estimate of drug-likeness (QED) is 0.693. The molecule has 4 heteroatoms. The highest BCUT2D eigenvalue weighted by Gasteiger charge is 2.29. The van der Waals surface area contributed by atoms with E-state index in [-0.39, 0.29) is 0 Å². The van der Waals surface area contributed by atoms with E-state index in [2.05, 4.69) is 16.8 Å². The zero-order valence-corrected chi connectivity index (χ0v) is 13.6. The molecule has 0 atom stereocenters. The fourth-order valence-electron chi connectivity index (χ4n) is 1.73. The van der Waals surface area contributed by atoms with E-state index in [0.29, 0.717) is 0 Å². The summed E-state index contributed by atoms with van der Waals surface area (Å²) in [6.45, 7) is 5.37. The number of hydrogen-bond acceptors (Lipinski definition) is 3. The van der Waals surface area contributed by atoms with Gasteiger partial charge in [-0.3, -0.25) is 9.78 Å². The van der Waals surface area contributed by atoms with Crippen LogP contribution in [0, 0.1) is 18.8 Å². The van der Waals surface area contributed by atoms with Gasteiger partial charge in [0.1, 0.15) is 4.75 Å². The van der Waals surface area contributed by atoms with E-state index in [1.807, 2.05) is 31.2 Å². The summed E-state index contributed by atoms with van der Waals surface area (Å²) >= 11 is 1.28. The molecule has 1 aromatic heterocycles. The molecule has 0 fully saturated rings. The third kappa shape index (κ3) is 3.90. The predicted octanol–water partition coefficient (Wildman–Crippen LogP) is 3.75. The molecule has 0 aliphatic heterocycles. The Kier molecular flexibility index (Phi) is 4.89. The Morgan fingerprint density at radius 2 is 1.86 bits per heavy atom. The van der Waals surface area contributed by atoms with Crippen LogP contribution >= 0.6 is 11.8 Å². The first-order valence-corrected chi connectivity index (χ1v) is 7.66. The van der Waals surface area contributed by atoms with Crippen LogP contribution in [0.25, 0.3) is 0 Å². The molecule has 1 aromatic carbocycles. The van der Waals surface area contributed by atoms with Gasteiger partial charge in [0, 0.05) is 22.9 Å². The Hall–Kier alpha value is -2.25. The number of carboxylic acids is 1. The maximum Gasteiger partial charge on any atom is 0.319 e. The maximum absolute atomic E-state index is 11.3. The highest BCUT2D eigenvalue weighted by molar-refractivity contribution is 8.01. The third-order valence-electron chi connectivity index (χ3n) is 3.14. The van der Waals surface area contributed by atoms with Gasteiger partial charge < -0.3 is 5.11 Å². The minimum atomic E-state index is -0.916. The summed E-state index contributed by atoms with van der Waals surface area (Å²) in [5.41, 5.74) is 2.81. The highest BCUT2D eigenvalue weighted by atomic mass is 32.2. The molecule has 2 rings (SSSR count). The van der Waals surface area contributed by atoms with Gasteiger partial charge in [0.15, 0.2) is 0 Å². The number of carboxylic acid groups (broad SMARTS) is 1. The van der Waals surface area contributed by atoms with Crippen LogP contribution in [0.2, 0.25) is 0 Å². The average Bonchev–Trinajstić information content (AvgIpc) is 2.47. The van der Waals surface area contributed by atoms with Crippen molar-refractivity contribution in [1.29, 1.82) is 0 Å². The van der Waals surface area contributed by atoms with E-state index >= 15 is 0 Å². The zero-order chi connectivity index (χ0) is 16.2. The normalized spacial score (nSPS) is 10.7. The predicted molar refractivity (Wildman–Crippen MR) is 89.0 cm³/mol. The molecule has 2 aromatic rings. The van der Waals surface area contributed by atoms with Crippen molar-refractivity contribution >= 4 is 17.7 Å². The van der Waals surface area contributed by atoms with E-state index in [1.165, 1.54) is 11.8 Å². The molecule has 22 heavy (non-hydrogen) atoms. The SMILES string of the molecule is Cc1ccccc1C#Cc1cnccc1SC(C)(C)C(=O)O. The Balaban J connectivity index is 2.35. The lowest BCUT2D eigenvalue weighted by atomic mass is 10.1. The van der Waals surface area contributed by atoms with Crippen molar-refractivity contribution in [3.05, 3.63) is 59.4 Å².